The fourth-order valence-electron chi connectivity index (χ4n) is 1.44. The first kappa shape index (κ1) is 16.5. The molecule has 0 radical (unpaired) electrons. The van der Waals surface area contributed by atoms with Gasteiger partial charge in [0.2, 0.25) is 10.0 Å². The van der Waals surface area contributed by atoms with Crippen molar-refractivity contribution in [1.82, 2.24) is 4.72 Å². The molecule has 1 aromatic carbocycles. The Bertz CT molecular complexity index is 547. The Labute approximate surface area is 122 Å². The second-order valence-electron chi connectivity index (χ2n) is 4.16. The van der Waals surface area contributed by atoms with Crippen LogP contribution in [0, 0.1) is 0 Å². The van der Waals surface area contributed by atoms with Gasteiger partial charge in [-0.25, -0.2) is 13.1 Å². The molecule has 0 fully saturated rings. The van der Waals surface area contributed by atoms with Gasteiger partial charge in [0.25, 0.3) is 0 Å². The van der Waals surface area contributed by atoms with Crippen LogP contribution in [0.25, 0.3) is 0 Å². The number of rotatable bonds is 6. The molecule has 0 aliphatic heterocycles. The van der Waals surface area contributed by atoms with E-state index < -0.39 is 16.1 Å². The third-order valence-electron chi connectivity index (χ3n) is 2.47. The zero-order valence-corrected chi connectivity index (χ0v) is 12.7. The van der Waals surface area contributed by atoms with Crippen molar-refractivity contribution in [3.05, 3.63) is 22.2 Å². The maximum absolute atomic E-state index is 12.0. The van der Waals surface area contributed by atoms with Crippen LogP contribution in [0.15, 0.2) is 17.0 Å². The highest BCUT2D eigenvalue weighted by atomic mass is 35.5. The molecule has 0 amide bonds. The lowest BCUT2D eigenvalue weighted by molar-refractivity contribution is 0.182. The summed E-state index contributed by atoms with van der Waals surface area (Å²) in [5.74, 6) is 0. The fraction of sp³-hybridized carbons (Fsp3) is 0.455. The van der Waals surface area contributed by atoms with Gasteiger partial charge in [-0.3, -0.25) is 0 Å². The topological polar surface area (TPSA) is 92.4 Å². The molecule has 8 heteroatoms. The van der Waals surface area contributed by atoms with Crippen LogP contribution in [0.4, 0.5) is 5.69 Å². The molecular weight excluding hydrogens is 311 g/mol. The van der Waals surface area contributed by atoms with E-state index in [4.69, 9.17) is 34.0 Å². The smallest absolute Gasteiger partial charge is 0.242 e. The van der Waals surface area contributed by atoms with E-state index in [1.54, 1.807) is 6.92 Å². The quantitative estimate of drug-likeness (QED) is 0.550. The molecule has 1 atom stereocenters. The van der Waals surface area contributed by atoms with Crippen molar-refractivity contribution in [2.45, 2.75) is 30.8 Å². The van der Waals surface area contributed by atoms with Crippen LogP contribution < -0.4 is 10.5 Å². The number of nitrogen functional groups attached to an aromatic ring is 1. The summed E-state index contributed by atoms with van der Waals surface area (Å²) in [6, 6.07) is 2.69. The Morgan fingerprint density at radius 1 is 1.42 bits per heavy atom. The van der Waals surface area contributed by atoms with Gasteiger partial charge in [-0.1, -0.05) is 23.2 Å². The predicted molar refractivity (Wildman–Crippen MR) is 77.0 cm³/mol. The second kappa shape index (κ2) is 6.76. The molecule has 0 aromatic heterocycles. The number of aliphatic hydroxyl groups excluding tert-OH is 1. The molecule has 0 heterocycles. The number of nitrogens with one attached hydrogen (secondary N) is 1. The SMILES string of the molecule is CC(O)CCCNS(=O)(=O)c1ccc(Cl)c(N)c1Cl. The Balaban J connectivity index is 2.81. The Morgan fingerprint density at radius 2 is 2.05 bits per heavy atom. The number of aliphatic hydroxyl groups is 1. The summed E-state index contributed by atoms with van der Waals surface area (Å²) in [4.78, 5) is -0.104. The third-order valence-corrected chi connectivity index (χ3v) is 4.82. The van der Waals surface area contributed by atoms with Crippen molar-refractivity contribution in [2.24, 2.45) is 0 Å². The van der Waals surface area contributed by atoms with Crippen molar-refractivity contribution in [3.8, 4) is 0 Å². The number of halogens is 2. The van der Waals surface area contributed by atoms with E-state index >= 15 is 0 Å². The number of hydrogen-bond acceptors (Lipinski definition) is 4. The van der Waals surface area contributed by atoms with Crippen molar-refractivity contribution >= 4 is 38.9 Å². The minimum Gasteiger partial charge on any atom is -0.396 e. The first-order valence-electron chi connectivity index (χ1n) is 5.67. The maximum atomic E-state index is 12.0. The third kappa shape index (κ3) is 4.50. The van der Waals surface area contributed by atoms with Crippen LogP contribution >= 0.6 is 23.2 Å². The Hall–Kier alpha value is -0.530. The number of hydrogen-bond donors (Lipinski definition) is 3. The number of nitrogens with two attached hydrogens (primary N) is 1. The highest BCUT2D eigenvalue weighted by Crippen LogP contribution is 2.32. The monoisotopic (exact) mass is 326 g/mol. The molecule has 0 bridgehead atoms. The molecular formula is C11H16Cl2N2O3S. The standard InChI is InChI=1S/C11H16Cl2N2O3S/c1-7(16)3-2-6-15-19(17,18)9-5-4-8(12)11(14)10(9)13/h4-5,7,15-16H,2-3,6,14H2,1H3. The lowest BCUT2D eigenvalue weighted by Gasteiger charge is -2.11. The van der Waals surface area contributed by atoms with Gasteiger partial charge < -0.3 is 10.8 Å². The summed E-state index contributed by atoms with van der Waals surface area (Å²) in [6.07, 6.45) is 0.579. The maximum Gasteiger partial charge on any atom is 0.242 e. The van der Waals surface area contributed by atoms with E-state index in [-0.39, 0.29) is 27.2 Å². The molecule has 1 unspecified atom stereocenters. The van der Waals surface area contributed by atoms with E-state index in [0.717, 1.165) is 0 Å². The minimum atomic E-state index is -3.73. The van der Waals surface area contributed by atoms with E-state index in [2.05, 4.69) is 4.72 Å². The summed E-state index contributed by atoms with van der Waals surface area (Å²) < 4.78 is 26.4. The van der Waals surface area contributed by atoms with Crippen LogP contribution in [0.5, 0.6) is 0 Å². The predicted octanol–water partition coefficient (Wildman–Crippen LogP) is 2.01. The van der Waals surface area contributed by atoms with Crippen LogP contribution in [0.1, 0.15) is 19.8 Å². The molecule has 0 aliphatic carbocycles. The molecule has 0 aliphatic rings. The van der Waals surface area contributed by atoms with Gasteiger partial charge in [0.15, 0.2) is 0 Å². The highest BCUT2D eigenvalue weighted by molar-refractivity contribution is 7.89. The zero-order valence-electron chi connectivity index (χ0n) is 10.4. The summed E-state index contributed by atoms with van der Waals surface area (Å²) >= 11 is 11.6. The summed E-state index contributed by atoms with van der Waals surface area (Å²) in [5.41, 5.74) is 5.62. The van der Waals surface area contributed by atoms with Crippen molar-refractivity contribution in [1.29, 1.82) is 0 Å². The van der Waals surface area contributed by atoms with Crippen molar-refractivity contribution in [2.75, 3.05) is 12.3 Å². The van der Waals surface area contributed by atoms with Crippen LogP contribution in [-0.4, -0.2) is 26.2 Å². The van der Waals surface area contributed by atoms with Crippen LogP contribution in [0.3, 0.4) is 0 Å². The molecule has 0 saturated heterocycles. The lowest BCUT2D eigenvalue weighted by atomic mass is 10.2. The van der Waals surface area contributed by atoms with Gasteiger partial charge in [0.1, 0.15) is 4.90 Å². The van der Waals surface area contributed by atoms with E-state index in [1.807, 2.05) is 0 Å². The van der Waals surface area contributed by atoms with Gasteiger partial charge >= 0.3 is 0 Å². The molecule has 0 saturated carbocycles. The van der Waals surface area contributed by atoms with Crippen LogP contribution in [-0.2, 0) is 10.0 Å². The molecule has 1 rings (SSSR count). The second-order valence-corrected chi connectivity index (χ2v) is 6.68. The molecule has 108 valence electrons. The Morgan fingerprint density at radius 3 is 2.63 bits per heavy atom. The molecule has 5 nitrogen and oxygen atoms in total. The van der Waals surface area contributed by atoms with E-state index in [9.17, 15) is 8.42 Å². The van der Waals surface area contributed by atoms with Gasteiger partial charge in [-0.15, -0.1) is 0 Å². The average Bonchev–Trinajstić information content (AvgIpc) is 2.31. The highest BCUT2D eigenvalue weighted by Gasteiger charge is 2.20. The minimum absolute atomic E-state index is 0.0372. The number of sulfonamides is 1. The lowest BCUT2D eigenvalue weighted by Crippen LogP contribution is -2.25. The molecule has 19 heavy (non-hydrogen) atoms. The van der Waals surface area contributed by atoms with E-state index in [1.165, 1.54) is 12.1 Å². The summed E-state index contributed by atoms with van der Waals surface area (Å²) in [6.45, 7) is 1.86. The molecule has 4 N–H and O–H groups in total. The first-order chi connectivity index (χ1) is 8.75. The average molecular weight is 327 g/mol. The first-order valence-corrected chi connectivity index (χ1v) is 7.91. The number of benzene rings is 1. The fourth-order valence-corrected chi connectivity index (χ4v) is 3.28. The van der Waals surface area contributed by atoms with Gasteiger partial charge in [-0.05, 0) is 31.9 Å². The van der Waals surface area contributed by atoms with Gasteiger partial charge in [0, 0.05) is 6.54 Å². The molecule has 1 aromatic rings. The molecule has 0 spiro atoms. The van der Waals surface area contributed by atoms with Crippen molar-refractivity contribution in [3.63, 3.8) is 0 Å². The number of anilines is 1. The normalized spacial score (nSPS) is 13.5. The Kier molecular flexibility index (Phi) is 5.88. The zero-order chi connectivity index (χ0) is 14.6. The largest absolute Gasteiger partial charge is 0.396 e. The van der Waals surface area contributed by atoms with E-state index in [0.29, 0.717) is 12.8 Å². The van der Waals surface area contributed by atoms with Crippen molar-refractivity contribution < 1.29 is 13.5 Å². The summed E-state index contributed by atoms with van der Waals surface area (Å²) in [5, 5.41) is 9.20. The summed E-state index contributed by atoms with van der Waals surface area (Å²) in [7, 11) is -3.73. The van der Waals surface area contributed by atoms with Gasteiger partial charge in [0.05, 0.1) is 21.8 Å². The van der Waals surface area contributed by atoms with Crippen LogP contribution in [0.2, 0.25) is 10.0 Å². The van der Waals surface area contributed by atoms with Gasteiger partial charge in [-0.2, -0.15) is 0 Å².